The fourth-order valence-corrected chi connectivity index (χ4v) is 1.88. The molecular formula is C9H14O2Si. The molecule has 0 atom stereocenters. The molecule has 0 spiro atoms. The van der Waals surface area contributed by atoms with E-state index in [9.17, 15) is 0 Å². The first-order valence-electron chi connectivity index (χ1n) is 4.02. The van der Waals surface area contributed by atoms with E-state index in [1.807, 2.05) is 6.07 Å². The molecule has 1 aromatic rings. The molecule has 3 heteroatoms. The third kappa shape index (κ3) is 2.01. The normalized spacial score (nSPS) is 10.6. The van der Waals surface area contributed by atoms with Crippen LogP contribution < -0.4 is 14.7 Å². The van der Waals surface area contributed by atoms with E-state index in [-0.39, 0.29) is 9.52 Å². The molecule has 0 heterocycles. The Kier molecular flexibility index (Phi) is 3.16. The summed E-state index contributed by atoms with van der Waals surface area (Å²) < 4.78 is 10.3. The molecule has 0 amide bonds. The van der Waals surface area contributed by atoms with Crippen molar-refractivity contribution >= 4 is 14.7 Å². The van der Waals surface area contributed by atoms with E-state index in [4.69, 9.17) is 9.47 Å². The van der Waals surface area contributed by atoms with Gasteiger partial charge in [-0.1, -0.05) is 11.7 Å². The Balaban J connectivity index is 3.01. The van der Waals surface area contributed by atoms with Crippen LogP contribution in [0.25, 0.3) is 0 Å². The van der Waals surface area contributed by atoms with Gasteiger partial charge in [0, 0.05) is 6.07 Å². The quantitative estimate of drug-likeness (QED) is 0.635. The van der Waals surface area contributed by atoms with Gasteiger partial charge in [-0.25, -0.2) is 0 Å². The first-order chi connectivity index (χ1) is 5.80. The van der Waals surface area contributed by atoms with Crippen LogP contribution in [0.1, 0.15) is 0 Å². The van der Waals surface area contributed by atoms with Gasteiger partial charge in [0.05, 0.1) is 23.7 Å². The summed E-state index contributed by atoms with van der Waals surface area (Å²) in [6, 6.07) is 6.05. The molecule has 12 heavy (non-hydrogen) atoms. The van der Waals surface area contributed by atoms with Crippen molar-refractivity contribution in [3.63, 3.8) is 0 Å². The minimum Gasteiger partial charge on any atom is -0.497 e. The predicted octanol–water partition coefficient (Wildman–Crippen LogP) is 0.546. The summed E-state index contributed by atoms with van der Waals surface area (Å²) in [4.78, 5) is 0. The highest BCUT2D eigenvalue weighted by Gasteiger charge is 1.99. The van der Waals surface area contributed by atoms with E-state index >= 15 is 0 Å². The summed E-state index contributed by atoms with van der Waals surface area (Å²) in [5.41, 5.74) is 0. The van der Waals surface area contributed by atoms with Crippen molar-refractivity contribution in [2.24, 2.45) is 0 Å². The number of hydrogen-bond donors (Lipinski definition) is 0. The second-order valence-electron chi connectivity index (χ2n) is 2.57. The average molecular weight is 182 g/mol. The molecule has 2 nitrogen and oxygen atoms in total. The highest BCUT2D eigenvalue weighted by Crippen LogP contribution is 2.16. The zero-order chi connectivity index (χ0) is 8.97. The molecule has 0 N–H and O–H groups in total. The smallest absolute Gasteiger partial charge is 0.122 e. The summed E-state index contributed by atoms with van der Waals surface area (Å²) >= 11 is 0. The molecule has 0 bridgehead atoms. The van der Waals surface area contributed by atoms with Gasteiger partial charge < -0.3 is 9.47 Å². The third-order valence-electron chi connectivity index (χ3n) is 1.82. The zero-order valence-corrected chi connectivity index (χ0v) is 9.17. The van der Waals surface area contributed by atoms with Gasteiger partial charge in [0.2, 0.25) is 0 Å². The van der Waals surface area contributed by atoms with Crippen LogP contribution in [-0.4, -0.2) is 23.7 Å². The van der Waals surface area contributed by atoms with Crippen LogP contribution in [0.5, 0.6) is 11.5 Å². The molecule has 0 saturated heterocycles. The monoisotopic (exact) mass is 182 g/mol. The van der Waals surface area contributed by atoms with Gasteiger partial charge in [-0.2, -0.15) is 0 Å². The van der Waals surface area contributed by atoms with Crippen LogP contribution in [0, 0.1) is 0 Å². The standard InChI is InChI=1S/C9H14O2Si/c1-10-7-4-8(11-2)6-9(5-7)12-3/h4-6H,12H2,1-3H3. The summed E-state index contributed by atoms with van der Waals surface area (Å²) in [6.45, 7) is 2.24. The van der Waals surface area contributed by atoms with Crippen LogP contribution in [0.2, 0.25) is 6.55 Å². The lowest BCUT2D eigenvalue weighted by Crippen LogP contribution is -2.10. The number of rotatable bonds is 3. The van der Waals surface area contributed by atoms with Crippen molar-refractivity contribution in [3.8, 4) is 11.5 Å². The van der Waals surface area contributed by atoms with Crippen LogP contribution in [0.3, 0.4) is 0 Å². The minimum absolute atomic E-state index is 0.130. The van der Waals surface area contributed by atoms with Crippen LogP contribution in [0.15, 0.2) is 18.2 Å². The Hall–Kier alpha value is -0.963. The molecule has 0 aliphatic rings. The Labute approximate surface area is 75.3 Å². The molecule has 0 fully saturated rings. The second-order valence-corrected chi connectivity index (χ2v) is 4.10. The Morgan fingerprint density at radius 2 is 1.50 bits per heavy atom. The van der Waals surface area contributed by atoms with E-state index in [0.29, 0.717) is 0 Å². The lowest BCUT2D eigenvalue weighted by molar-refractivity contribution is 0.395. The third-order valence-corrected chi connectivity index (χ3v) is 3.04. The molecule has 0 saturated carbocycles. The van der Waals surface area contributed by atoms with Crippen molar-refractivity contribution in [2.45, 2.75) is 6.55 Å². The summed E-state index contributed by atoms with van der Waals surface area (Å²) in [7, 11) is 3.22. The molecule has 1 rings (SSSR count). The van der Waals surface area contributed by atoms with Gasteiger partial charge in [-0.15, -0.1) is 0 Å². The van der Waals surface area contributed by atoms with Gasteiger partial charge in [-0.3, -0.25) is 0 Å². The average Bonchev–Trinajstić information content (AvgIpc) is 2.16. The maximum absolute atomic E-state index is 5.14. The molecule has 66 valence electrons. The topological polar surface area (TPSA) is 18.5 Å². The van der Waals surface area contributed by atoms with Crippen molar-refractivity contribution in [1.29, 1.82) is 0 Å². The Morgan fingerprint density at radius 3 is 1.83 bits per heavy atom. The van der Waals surface area contributed by atoms with Gasteiger partial charge >= 0.3 is 0 Å². The van der Waals surface area contributed by atoms with Gasteiger partial charge in [-0.05, 0) is 12.1 Å². The van der Waals surface area contributed by atoms with Crippen molar-refractivity contribution in [2.75, 3.05) is 14.2 Å². The maximum Gasteiger partial charge on any atom is 0.122 e. The van der Waals surface area contributed by atoms with Gasteiger partial charge in [0.25, 0.3) is 0 Å². The van der Waals surface area contributed by atoms with Crippen molar-refractivity contribution < 1.29 is 9.47 Å². The van der Waals surface area contributed by atoms with Crippen molar-refractivity contribution in [1.82, 2.24) is 0 Å². The fourth-order valence-electron chi connectivity index (χ4n) is 1.07. The highest BCUT2D eigenvalue weighted by molar-refractivity contribution is 6.52. The number of benzene rings is 1. The molecule has 0 aromatic heterocycles. The lowest BCUT2D eigenvalue weighted by atomic mass is 10.3. The molecule has 0 unspecified atom stereocenters. The number of ether oxygens (including phenoxy) is 2. The van der Waals surface area contributed by atoms with E-state index in [1.165, 1.54) is 5.19 Å². The predicted molar refractivity (Wildman–Crippen MR) is 53.6 cm³/mol. The van der Waals surface area contributed by atoms with Crippen LogP contribution in [0.4, 0.5) is 0 Å². The summed E-state index contributed by atoms with van der Waals surface area (Å²) in [6.07, 6.45) is 0. The first kappa shape index (κ1) is 9.13. The highest BCUT2D eigenvalue weighted by atomic mass is 28.2. The Bertz CT molecular complexity index is 205. The molecule has 0 aliphatic heterocycles. The van der Waals surface area contributed by atoms with Crippen LogP contribution in [-0.2, 0) is 0 Å². The van der Waals surface area contributed by atoms with Crippen LogP contribution >= 0.6 is 0 Å². The molecular weight excluding hydrogens is 168 g/mol. The van der Waals surface area contributed by atoms with E-state index in [1.54, 1.807) is 14.2 Å². The summed E-state index contributed by atoms with van der Waals surface area (Å²) in [5.74, 6) is 1.78. The minimum atomic E-state index is -0.130. The zero-order valence-electron chi connectivity index (χ0n) is 7.76. The van der Waals surface area contributed by atoms with Gasteiger partial charge in [0.15, 0.2) is 0 Å². The largest absolute Gasteiger partial charge is 0.497 e. The molecule has 0 radical (unpaired) electrons. The summed E-state index contributed by atoms with van der Waals surface area (Å²) in [5, 5.41) is 1.37. The number of methoxy groups -OCH3 is 2. The molecule has 1 aromatic carbocycles. The lowest BCUT2D eigenvalue weighted by Gasteiger charge is -2.06. The first-order valence-corrected chi connectivity index (χ1v) is 6.14. The van der Waals surface area contributed by atoms with Crippen molar-refractivity contribution in [3.05, 3.63) is 18.2 Å². The maximum atomic E-state index is 5.14. The van der Waals surface area contributed by atoms with E-state index < -0.39 is 0 Å². The Morgan fingerprint density at radius 1 is 1.00 bits per heavy atom. The van der Waals surface area contributed by atoms with Gasteiger partial charge in [0.1, 0.15) is 11.5 Å². The molecule has 0 aliphatic carbocycles. The van der Waals surface area contributed by atoms with E-state index in [0.717, 1.165) is 11.5 Å². The second kappa shape index (κ2) is 4.16. The number of hydrogen-bond acceptors (Lipinski definition) is 2. The van der Waals surface area contributed by atoms with E-state index in [2.05, 4.69) is 18.7 Å². The fraction of sp³-hybridized carbons (Fsp3) is 0.333. The SMILES string of the molecule is COc1cc(OC)cc([SiH2]C)c1.